The Hall–Kier alpha value is -0.520. The zero-order valence-electron chi connectivity index (χ0n) is 7.14. The van der Waals surface area contributed by atoms with Gasteiger partial charge in [-0.1, -0.05) is 5.92 Å². The van der Waals surface area contributed by atoms with Gasteiger partial charge in [-0.05, 0) is 19.8 Å². The topological polar surface area (TPSA) is 29.3 Å². The number of hydrogen-bond donors (Lipinski definition) is 1. The first-order valence-corrected chi connectivity index (χ1v) is 4.09. The van der Waals surface area contributed by atoms with E-state index in [1.165, 1.54) is 0 Å². The molecule has 0 spiro atoms. The highest BCUT2D eigenvalue weighted by Gasteiger charge is 2.24. The molecule has 1 rings (SSSR count). The van der Waals surface area contributed by atoms with Crippen LogP contribution in [0, 0.1) is 12.3 Å². The molecule has 0 amide bonds. The van der Waals surface area contributed by atoms with Gasteiger partial charge in [0.15, 0.2) is 0 Å². The van der Waals surface area contributed by atoms with E-state index in [1.807, 2.05) is 0 Å². The van der Waals surface area contributed by atoms with Crippen LogP contribution in [0.3, 0.4) is 0 Å². The number of hydrogen-bond acceptors (Lipinski definition) is 2. The van der Waals surface area contributed by atoms with Crippen molar-refractivity contribution in [1.82, 2.24) is 4.90 Å². The lowest BCUT2D eigenvalue weighted by Crippen LogP contribution is -2.48. The molecule has 2 nitrogen and oxygen atoms in total. The Morgan fingerprint density at radius 1 is 1.55 bits per heavy atom. The molecule has 1 saturated heterocycles. The fraction of sp³-hybridized carbons (Fsp3) is 0.778. The normalized spacial score (nSPS) is 24.5. The van der Waals surface area contributed by atoms with E-state index in [0.717, 1.165) is 32.5 Å². The Morgan fingerprint density at radius 2 is 2.09 bits per heavy atom. The number of nitrogens with two attached hydrogens (primary N) is 1. The van der Waals surface area contributed by atoms with Crippen molar-refractivity contribution < 1.29 is 0 Å². The first-order valence-electron chi connectivity index (χ1n) is 4.09. The Balaban J connectivity index is 2.32. The second kappa shape index (κ2) is 3.25. The molecule has 11 heavy (non-hydrogen) atoms. The highest BCUT2D eigenvalue weighted by molar-refractivity contribution is 4.92. The third-order valence-electron chi connectivity index (χ3n) is 2.31. The number of nitrogens with zero attached hydrogens (tertiary/aromatic N) is 1. The summed E-state index contributed by atoms with van der Waals surface area (Å²) in [5.41, 5.74) is 6.00. The summed E-state index contributed by atoms with van der Waals surface area (Å²) in [5.74, 6) is 2.65. The van der Waals surface area contributed by atoms with Crippen molar-refractivity contribution in [3.63, 3.8) is 0 Å². The molecule has 0 saturated carbocycles. The Morgan fingerprint density at radius 3 is 2.55 bits per heavy atom. The fourth-order valence-corrected chi connectivity index (χ4v) is 1.35. The van der Waals surface area contributed by atoms with E-state index in [0.29, 0.717) is 0 Å². The average molecular weight is 152 g/mol. The quantitative estimate of drug-likeness (QED) is 0.552. The van der Waals surface area contributed by atoms with Gasteiger partial charge in [0.2, 0.25) is 0 Å². The third kappa shape index (κ3) is 2.53. The lowest BCUT2D eigenvalue weighted by Gasteiger charge is -2.35. The van der Waals surface area contributed by atoms with E-state index in [9.17, 15) is 0 Å². The zero-order chi connectivity index (χ0) is 8.32. The van der Waals surface area contributed by atoms with E-state index in [1.54, 1.807) is 0 Å². The maximum Gasteiger partial charge on any atom is 0.0598 e. The highest BCUT2D eigenvalue weighted by atomic mass is 15.1. The van der Waals surface area contributed by atoms with Crippen LogP contribution in [0.2, 0.25) is 0 Å². The van der Waals surface area contributed by atoms with Crippen LogP contribution < -0.4 is 5.73 Å². The number of rotatable bonds is 1. The van der Waals surface area contributed by atoms with E-state index in [-0.39, 0.29) is 5.54 Å². The van der Waals surface area contributed by atoms with E-state index >= 15 is 0 Å². The maximum absolute atomic E-state index is 5.96. The summed E-state index contributed by atoms with van der Waals surface area (Å²) in [6, 6.07) is 0. The Kier molecular flexibility index (Phi) is 2.53. The molecular weight excluding hydrogens is 136 g/mol. The standard InChI is InChI=1S/C9H16N2/c1-3-6-11-7-4-9(2,10)5-8-11/h1H,4-8,10H2,2H3. The molecule has 1 aliphatic heterocycles. The first kappa shape index (κ1) is 8.58. The SMILES string of the molecule is C#CCN1CCC(C)(N)CC1. The van der Waals surface area contributed by atoms with Crippen LogP contribution in [0.1, 0.15) is 19.8 Å². The van der Waals surface area contributed by atoms with Crippen LogP contribution in [0.25, 0.3) is 0 Å². The first-order chi connectivity index (χ1) is 5.14. The van der Waals surface area contributed by atoms with Crippen molar-refractivity contribution in [2.24, 2.45) is 5.73 Å². The molecule has 0 aromatic carbocycles. The molecule has 0 aromatic heterocycles. The van der Waals surface area contributed by atoms with Gasteiger partial charge < -0.3 is 5.73 Å². The summed E-state index contributed by atoms with van der Waals surface area (Å²) in [6.45, 7) is 4.99. The Labute approximate surface area is 68.8 Å². The van der Waals surface area contributed by atoms with Crippen molar-refractivity contribution in [1.29, 1.82) is 0 Å². The fourth-order valence-electron chi connectivity index (χ4n) is 1.35. The second-order valence-corrected chi connectivity index (χ2v) is 3.63. The molecule has 0 bridgehead atoms. The lowest BCUT2D eigenvalue weighted by molar-refractivity contribution is 0.189. The van der Waals surface area contributed by atoms with Crippen molar-refractivity contribution in [3.8, 4) is 12.3 Å². The van der Waals surface area contributed by atoms with E-state index in [2.05, 4.69) is 17.7 Å². The van der Waals surface area contributed by atoms with Gasteiger partial charge in [-0.3, -0.25) is 4.90 Å². The summed E-state index contributed by atoms with van der Waals surface area (Å²) < 4.78 is 0. The van der Waals surface area contributed by atoms with Crippen molar-refractivity contribution in [2.45, 2.75) is 25.3 Å². The van der Waals surface area contributed by atoms with Crippen molar-refractivity contribution in [2.75, 3.05) is 19.6 Å². The van der Waals surface area contributed by atoms with Crippen LogP contribution in [-0.4, -0.2) is 30.1 Å². The molecule has 1 aliphatic rings. The molecule has 2 N–H and O–H groups in total. The number of likely N-dealkylation sites (tertiary alicyclic amines) is 1. The molecule has 0 atom stereocenters. The van der Waals surface area contributed by atoms with Crippen LogP contribution in [0.15, 0.2) is 0 Å². The Bertz CT molecular complexity index is 157. The molecule has 0 aromatic rings. The molecule has 1 fully saturated rings. The predicted molar refractivity (Wildman–Crippen MR) is 47.1 cm³/mol. The van der Waals surface area contributed by atoms with Gasteiger partial charge in [-0.25, -0.2) is 0 Å². The third-order valence-corrected chi connectivity index (χ3v) is 2.31. The summed E-state index contributed by atoms with van der Waals surface area (Å²) >= 11 is 0. The van der Waals surface area contributed by atoms with Gasteiger partial charge in [0.1, 0.15) is 0 Å². The molecule has 2 heteroatoms. The molecule has 1 heterocycles. The molecule has 62 valence electrons. The smallest absolute Gasteiger partial charge is 0.0598 e. The van der Waals surface area contributed by atoms with E-state index in [4.69, 9.17) is 12.2 Å². The van der Waals surface area contributed by atoms with Crippen LogP contribution in [-0.2, 0) is 0 Å². The van der Waals surface area contributed by atoms with Gasteiger partial charge in [0.25, 0.3) is 0 Å². The van der Waals surface area contributed by atoms with Crippen LogP contribution >= 0.6 is 0 Å². The average Bonchev–Trinajstić information content (AvgIpc) is 1.94. The zero-order valence-corrected chi connectivity index (χ0v) is 7.14. The number of piperidine rings is 1. The lowest BCUT2D eigenvalue weighted by atomic mass is 9.91. The van der Waals surface area contributed by atoms with Gasteiger partial charge in [0, 0.05) is 18.6 Å². The molecular formula is C9H16N2. The summed E-state index contributed by atoms with van der Waals surface area (Å²) in [5, 5.41) is 0. The van der Waals surface area contributed by atoms with E-state index < -0.39 is 0 Å². The minimum absolute atomic E-state index is 0.0467. The summed E-state index contributed by atoms with van der Waals surface area (Å²) in [7, 11) is 0. The maximum atomic E-state index is 5.96. The van der Waals surface area contributed by atoms with Gasteiger partial charge in [-0.15, -0.1) is 6.42 Å². The van der Waals surface area contributed by atoms with Crippen molar-refractivity contribution >= 4 is 0 Å². The summed E-state index contributed by atoms with van der Waals surface area (Å²) in [4.78, 5) is 2.27. The molecule has 0 unspecified atom stereocenters. The minimum atomic E-state index is 0.0467. The summed E-state index contributed by atoms with van der Waals surface area (Å²) in [6.07, 6.45) is 7.33. The van der Waals surface area contributed by atoms with Crippen LogP contribution in [0.5, 0.6) is 0 Å². The largest absolute Gasteiger partial charge is 0.325 e. The van der Waals surface area contributed by atoms with Gasteiger partial charge in [-0.2, -0.15) is 0 Å². The van der Waals surface area contributed by atoms with Crippen LogP contribution in [0.4, 0.5) is 0 Å². The van der Waals surface area contributed by atoms with Crippen molar-refractivity contribution in [3.05, 3.63) is 0 Å². The van der Waals surface area contributed by atoms with Gasteiger partial charge >= 0.3 is 0 Å². The molecule has 0 aliphatic carbocycles. The minimum Gasteiger partial charge on any atom is -0.325 e. The number of terminal acetylenes is 1. The highest BCUT2D eigenvalue weighted by Crippen LogP contribution is 2.17. The second-order valence-electron chi connectivity index (χ2n) is 3.63. The predicted octanol–water partition coefficient (Wildman–Crippen LogP) is 0.433. The molecule has 0 radical (unpaired) electrons. The van der Waals surface area contributed by atoms with Gasteiger partial charge in [0.05, 0.1) is 6.54 Å². The monoisotopic (exact) mass is 152 g/mol.